The van der Waals surface area contributed by atoms with Gasteiger partial charge in [0.25, 0.3) is 0 Å². The molecule has 6 heteroatoms. The van der Waals surface area contributed by atoms with E-state index in [2.05, 4.69) is 21.2 Å². The number of hydrogen-bond acceptors (Lipinski definition) is 4. The van der Waals surface area contributed by atoms with Gasteiger partial charge in [-0.25, -0.2) is 4.79 Å². The molecule has 0 radical (unpaired) electrons. The van der Waals surface area contributed by atoms with E-state index in [0.29, 0.717) is 12.1 Å². The maximum atomic E-state index is 12.0. The van der Waals surface area contributed by atoms with Crippen molar-refractivity contribution in [3.63, 3.8) is 0 Å². The zero-order valence-corrected chi connectivity index (χ0v) is 15.1. The molecule has 2 atom stereocenters. The summed E-state index contributed by atoms with van der Waals surface area (Å²) in [6, 6.07) is 5.85. The number of ether oxygens (including phenoxy) is 1. The van der Waals surface area contributed by atoms with E-state index < -0.39 is 0 Å². The van der Waals surface area contributed by atoms with Gasteiger partial charge in [0.2, 0.25) is 0 Å². The average Bonchev–Trinajstić information content (AvgIpc) is 2.94. The normalized spacial score (nSPS) is 21.5. The summed E-state index contributed by atoms with van der Waals surface area (Å²) in [5.41, 5.74) is 1.53. The Labute approximate surface area is 149 Å². The Kier molecular flexibility index (Phi) is 5.38. The van der Waals surface area contributed by atoms with E-state index in [-0.39, 0.29) is 18.1 Å². The minimum Gasteiger partial charge on any atom is -0.465 e. The van der Waals surface area contributed by atoms with Crippen LogP contribution in [-0.2, 0) is 11.3 Å². The number of nitrogens with zero attached hydrogens (tertiary/aromatic N) is 1. The van der Waals surface area contributed by atoms with E-state index >= 15 is 0 Å². The first kappa shape index (κ1) is 17.2. The van der Waals surface area contributed by atoms with E-state index in [1.807, 2.05) is 41.1 Å². The molecule has 2 N–H and O–H groups in total. The third-order valence-corrected chi connectivity index (χ3v) is 4.86. The van der Waals surface area contributed by atoms with Crippen molar-refractivity contribution in [2.75, 3.05) is 13.7 Å². The molecule has 1 aliphatic heterocycles. The first-order chi connectivity index (χ1) is 11.6. The van der Waals surface area contributed by atoms with Gasteiger partial charge in [0.1, 0.15) is 0 Å². The molecule has 0 spiro atoms. The van der Waals surface area contributed by atoms with Gasteiger partial charge in [0.05, 0.1) is 24.8 Å². The summed E-state index contributed by atoms with van der Waals surface area (Å²) >= 11 is 3.45. The van der Waals surface area contributed by atoms with Gasteiger partial charge in [-0.3, -0.25) is 0 Å². The van der Waals surface area contributed by atoms with Gasteiger partial charge >= 0.3 is 5.97 Å². The predicted octanol–water partition coefficient (Wildman–Crippen LogP) is 2.86. The third-order valence-electron chi connectivity index (χ3n) is 4.37. The number of halogens is 1. The van der Waals surface area contributed by atoms with Crippen LogP contribution in [0, 0.1) is 0 Å². The van der Waals surface area contributed by atoms with Gasteiger partial charge < -0.3 is 19.7 Å². The van der Waals surface area contributed by atoms with Crippen LogP contribution in [0.25, 0.3) is 10.9 Å². The average molecular weight is 393 g/mol. The van der Waals surface area contributed by atoms with Crippen molar-refractivity contribution in [2.24, 2.45) is 0 Å². The van der Waals surface area contributed by atoms with Crippen LogP contribution in [-0.4, -0.2) is 41.4 Å². The summed E-state index contributed by atoms with van der Waals surface area (Å²) in [6.45, 7) is 1.55. The number of carbonyl (C=O) groups is 1. The van der Waals surface area contributed by atoms with Crippen molar-refractivity contribution in [2.45, 2.75) is 31.5 Å². The van der Waals surface area contributed by atoms with Gasteiger partial charge in [0.15, 0.2) is 0 Å². The molecule has 0 unspecified atom stereocenters. The highest BCUT2D eigenvalue weighted by Gasteiger charge is 2.19. The summed E-state index contributed by atoms with van der Waals surface area (Å²) in [5.74, 6) is -0.342. The van der Waals surface area contributed by atoms with E-state index in [4.69, 9.17) is 4.74 Å². The number of nitrogens with one attached hydrogen (secondary N) is 1. The number of allylic oxidation sites excluding steroid dienone is 1. The summed E-state index contributed by atoms with van der Waals surface area (Å²) in [6.07, 6.45) is 7.34. The van der Waals surface area contributed by atoms with Crippen molar-refractivity contribution in [3.05, 3.63) is 46.6 Å². The molecule has 1 aliphatic rings. The molecule has 1 aromatic carbocycles. The Hall–Kier alpha value is -1.63. The van der Waals surface area contributed by atoms with Crippen LogP contribution in [0.15, 0.2) is 41.0 Å². The predicted molar refractivity (Wildman–Crippen MR) is 97.1 cm³/mol. The van der Waals surface area contributed by atoms with Gasteiger partial charge in [-0.2, -0.15) is 0 Å². The molecule has 2 aromatic rings. The van der Waals surface area contributed by atoms with Gasteiger partial charge in [-0.05, 0) is 37.6 Å². The Morgan fingerprint density at radius 2 is 2.38 bits per heavy atom. The summed E-state index contributed by atoms with van der Waals surface area (Å²) < 4.78 is 7.82. The number of benzene rings is 1. The number of aliphatic hydroxyl groups is 1. The second-order valence-electron chi connectivity index (χ2n) is 5.97. The van der Waals surface area contributed by atoms with Crippen LogP contribution in [0.3, 0.4) is 0 Å². The number of fused-ring (bicyclic) bond motifs is 1. The molecule has 1 aromatic heterocycles. The van der Waals surface area contributed by atoms with Crippen molar-refractivity contribution in [1.29, 1.82) is 0 Å². The molecule has 1 saturated heterocycles. The van der Waals surface area contributed by atoms with Crippen molar-refractivity contribution >= 4 is 32.8 Å². The maximum absolute atomic E-state index is 12.0. The zero-order valence-electron chi connectivity index (χ0n) is 13.5. The number of methoxy groups -OCH3 is 1. The molecule has 128 valence electrons. The molecule has 24 heavy (non-hydrogen) atoms. The monoisotopic (exact) mass is 392 g/mol. The lowest BCUT2D eigenvalue weighted by molar-refractivity contribution is 0.0602. The van der Waals surface area contributed by atoms with Gasteiger partial charge in [-0.15, -0.1) is 0 Å². The van der Waals surface area contributed by atoms with Crippen LogP contribution in [0.1, 0.15) is 23.2 Å². The Morgan fingerprint density at radius 1 is 1.54 bits per heavy atom. The van der Waals surface area contributed by atoms with E-state index in [1.54, 1.807) is 0 Å². The highest BCUT2D eigenvalue weighted by Crippen LogP contribution is 2.26. The van der Waals surface area contributed by atoms with E-state index in [1.165, 1.54) is 7.11 Å². The summed E-state index contributed by atoms with van der Waals surface area (Å²) in [7, 11) is 1.39. The number of piperidine rings is 1. The number of carbonyl (C=O) groups excluding carboxylic acids is 1. The maximum Gasteiger partial charge on any atom is 0.340 e. The fourth-order valence-electron chi connectivity index (χ4n) is 3.11. The first-order valence-corrected chi connectivity index (χ1v) is 8.84. The Bertz CT molecular complexity index is 769. The van der Waals surface area contributed by atoms with Crippen molar-refractivity contribution < 1.29 is 14.6 Å². The minimum atomic E-state index is -0.342. The number of aromatic nitrogens is 1. The minimum absolute atomic E-state index is 0.00482. The standard InChI is InChI=1S/C18H21BrN2O3/c1-24-18(23)14-11-21(16-7-6-12(19)10-13(14)16)9-3-4-15-17(22)5-2-8-20-15/h3-4,6-7,10-11,15,17,20,22H,2,5,8-9H2,1H3/b4-3+/t15-,17+/m1/s1. The highest BCUT2D eigenvalue weighted by atomic mass is 79.9. The summed E-state index contributed by atoms with van der Waals surface area (Å²) in [5, 5.41) is 14.2. The number of esters is 1. The van der Waals surface area contributed by atoms with Crippen LogP contribution in [0.4, 0.5) is 0 Å². The third kappa shape index (κ3) is 3.55. The molecule has 3 rings (SSSR count). The molecular formula is C18H21BrN2O3. The molecule has 5 nitrogen and oxygen atoms in total. The molecule has 0 bridgehead atoms. The van der Waals surface area contributed by atoms with Crippen LogP contribution < -0.4 is 5.32 Å². The van der Waals surface area contributed by atoms with E-state index in [9.17, 15) is 9.90 Å². The second-order valence-corrected chi connectivity index (χ2v) is 6.88. The Balaban J connectivity index is 1.85. The molecular weight excluding hydrogens is 372 g/mol. The number of aliphatic hydroxyl groups excluding tert-OH is 1. The second kappa shape index (κ2) is 7.51. The Morgan fingerprint density at radius 3 is 3.12 bits per heavy atom. The SMILES string of the molecule is COC(=O)c1cn(C/C=C/[C@H]2NCCC[C@@H]2O)c2ccc(Br)cc12. The lowest BCUT2D eigenvalue weighted by atomic mass is 10.0. The fraction of sp³-hybridized carbons (Fsp3) is 0.389. The lowest BCUT2D eigenvalue weighted by Crippen LogP contribution is -2.43. The van der Waals surface area contributed by atoms with Crippen molar-refractivity contribution in [1.82, 2.24) is 9.88 Å². The lowest BCUT2D eigenvalue weighted by Gasteiger charge is -2.26. The quantitative estimate of drug-likeness (QED) is 0.620. The number of hydrogen-bond donors (Lipinski definition) is 2. The molecule has 1 fully saturated rings. The number of rotatable bonds is 4. The molecule has 0 amide bonds. The van der Waals surface area contributed by atoms with Gasteiger partial charge in [-0.1, -0.05) is 28.1 Å². The largest absolute Gasteiger partial charge is 0.465 e. The van der Waals surface area contributed by atoms with Crippen LogP contribution in [0.2, 0.25) is 0 Å². The van der Waals surface area contributed by atoms with Crippen LogP contribution >= 0.6 is 15.9 Å². The topological polar surface area (TPSA) is 63.5 Å². The first-order valence-electron chi connectivity index (χ1n) is 8.05. The van der Waals surface area contributed by atoms with Crippen LogP contribution in [0.5, 0.6) is 0 Å². The smallest absolute Gasteiger partial charge is 0.340 e. The fourth-order valence-corrected chi connectivity index (χ4v) is 3.47. The summed E-state index contributed by atoms with van der Waals surface area (Å²) in [4.78, 5) is 12.0. The van der Waals surface area contributed by atoms with Crippen molar-refractivity contribution in [3.8, 4) is 0 Å². The molecule has 2 heterocycles. The zero-order chi connectivity index (χ0) is 17.1. The van der Waals surface area contributed by atoms with Gasteiger partial charge in [0, 0.05) is 28.1 Å². The molecule has 0 saturated carbocycles. The molecule has 0 aliphatic carbocycles. The van der Waals surface area contributed by atoms with E-state index in [0.717, 1.165) is 34.8 Å². The highest BCUT2D eigenvalue weighted by molar-refractivity contribution is 9.10.